The van der Waals surface area contributed by atoms with E-state index in [2.05, 4.69) is 143 Å². The van der Waals surface area contributed by atoms with Crippen molar-refractivity contribution in [1.29, 1.82) is 0 Å². The first-order chi connectivity index (χ1) is 25.6. The third-order valence-electron chi connectivity index (χ3n) is 8.45. The molecule has 0 aliphatic rings. The Kier molecular flexibility index (Phi) is 17.5. The van der Waals surface area contributed by atoms with Gasteiger partial charge in [0, 0.05) is 13.1 Å². The first-order valence-electron chi connectivity index (χ1n) is 17.6. The number of hydrogen-bond acceptors (Lipinski definition) is 1. The summed E-state index contributed by atoms with van der Waals surface area (Å²) < 4.78 is 2.93. The molecule has 0 aliphatic heterocycles. The summed E-state index contributed by atoms with van der Waals surface area (Å²) in [6.07, 6.45) is 3.61. The maximum atomic E-state index is 5.82. The quantitative estimate of drug-likeness (QED) is 0.0600. The summed E-state index contributed by atoms with van der Waals surface area (Å²) in [6, 6.07) is 64.6. The first-order valence-corrected chi connectivity index (χ1v) is 26.0. The Morgan fingerprint density at radius 2 is 0.788 bits per heavy atom. The molecule has 6 aromatic rings. The molecule has 6 rings (SSSR count). The predicted octanol–water partition coefficient (Wildman–Crippen LogP) is 10.6. The average Bonchev–Trinajstić information content (AvgIpc) is 3.21. The van der Waals surface area contributed by atoms with Gasteiger partial charge >= 0.3 is 120 Å². The van der Waals surface area contributed by atoms with Gasteiger partial charge in [-0.25, -0.2) is 0 Å². The minimum absolute atomic E-state index is 0.344. The molecule has 0 N–H and O–H groups in total. The number of halogens is 2. The molecular weight excluding hydrogens is 800 g/mol. The number of hydrogen-bond donors (Lipinski definition) is 0. The summed E-state index contributed by atoms with van der Waals surface area (Å²) in [5.41, 5.74) is 6.25. The van der Waals surface area contributed by atoms with Crippen LogP contribution in [-0.2, 0) is 13.5 Å². The third-order valence-corrected chi connectivity index (χ3v) is 14.8. The zero-order valence-corrected chi connectivity index (χ0v) is 34.6. The molecule has 0 heterocycles. The van der Waals surface area contributed by atoms with Gasteiger partial charge in [0.2, 0.25) is 0 Å². The summed E-state index contributed by atoms with van der Waals surface area (Å²) >= 11 is -1.95. The van der Waals surface area contributed by atoms with Crippen molar-refractivity contribution < 1.29 is 13.5 Å². The molecule has 1 nitrogen and oxygen atoms in total. The summed E-state index contributed by atoms with van der Waals surface area (Å²) in [5.74, 6) is 0. The van der Waals surface area contributed by atoms with Crippen LogP contribution in [0.1, 0.15) is 24.5 Å². The topological polar surface area (TPSA) is 3.24 Å². The molecule has 0 bridgehead atoms. The van der Waals surface area contributed by atoms with Crippen molar-refractivity contribution >= 4 is 66.3 Å². The van der Waals surface area contributed by atoms with Crippen molar-refractivity contribution in [2.45, 2.75) is 13.3 Å². The second kappa shape index (κ2) is 22.8. The number of benzene rings is 6. The summed E-state index contributed by atoms with van der Waals surface area (Å²) in [7, 11) is 10.9. The first kappa shape index (κ1) is 40.0. The predicted molar refractivity (Wildman–Crippen MR) is 230 cm³/mol. The second-order valence-corrected chi connectivity index (χ2v) is 22.0. The summed E-state index contributed by atoms with van der Waals surface area (Å²) in [5, 5.41) is 5.93. The van der Waals surface area contributed by atoms with Crippen LogP contribution in [0, 0.1) is 0 Å². The Labute approximate surface area is 326 Å². The van der Waals surface area contributed by atoms with Crippen molar-refractivity contribution in [3.8, 4) is 0 Å². The fourth-order valence-electron chi connectivity index (χ4n) is 5.98. The Hall–Kier alpha value is -3.23. The molecule has 0 saturated heterocycles. The Morgan fingerprint density at radius 3 is 1.08 bits per heavy atom. The fraction of sp³-hybridized carbons (Fsp3) is 0.152. The van der Waals surface area contributed by atoms with Crippen LogP contribution in [-0.4, -0.2) is 41.1 Å². The van der Waals surface area contributed by atoms with Crippen molar-refractivity contribution in [2.24, 2.45) is 0 Å². The molecule has 0 aromatic heterocycles. The molecule has 0 fully saturated rings. The molecule has 0 aliphatic carbocycles. The van der Waals surface area contributed by atoms with E-state index < -0.39 is 13.5 Å². The van der Waals surface area contributed by atoms with Crippen LogP contribution in [0.3, 0.4) is 0 Å². The molecule has 266 valence electrons. The van der Waals surface area contributed by atoms with Gasteiger partial charge in [0.1, 0.15) is 0 Å². The maximum absolute atomic E-state index is 5.82. The van der Waals surface area contributed by atoms with Crippen molar-refractivity contribution in [3.63, 3.8) is 0 Å². The van der Waals surface area contributed by atoms with Crippen LogP contribution in [0.4, 0.5) is 0 Å². The molecule has 0 spiro atoms. The van der Waals surface area contributed by atoms with E-state index in [4.69, 9.17) is 19.4 Å². The van der Waals surface area contributed by atoms with Gasteiger partial charge in [-0.15, -0.1) is 0 Å². The van der Waals surface area contributed by atoms with Gasteiger partial charge in [0.05, 0.1) is 0 Å². The Balaban J connectivity index is 0.000000244. The fourth-order valence-corrected chi connectivity index (χ4v) is 11.5. The van der Waals surface area contributed by atoms with Crippen molar-refractivity contribution in [3.05, 3.63) is 199 Å². The van der Waals surface area contributed by atoms with Crippen LogP contribution in [0.15, 0.2) is 188 Å². The zero-order valence-electron chi connectivity index (χ0n) is 29.5. The Bertz CT molecular complexity index is 1770. The average molecular weight is 846 g/mol. The molecule has 0 amide bonds. The molecular formula is C46H45Cl2NP2Ru. The second-order valence-electron chi connectivity index (χ2n) is 12.0. The van der Waals surface area contributed by atoms with Gasteiger partial charge in [-0.2, -0.15) is 0 Å². The van der Waals surface area contributed by atoms with Gasteiger partial charge in [0.15, 0.2) is 0 Å². The van der Waals surface area contributed by atoms with E-state index in [-0.39, 0.29) is 15.8 Å². The van der Waals surface area contributed by atoms with Crippen LogP contribution in [0.5, 0.6) is 0 Å². The van der Waals surface area contributed by atoms with Crippen LogP contribution < -0.4 is 21.2 Å². The Morgan fingerprint density at radius 1 is 0.481 bits per heavy atom. The minimum atomic E-state index is -1.95. The van der Waals surface area contributed by atoms with E-state index >= 15 is 0 Å². The molecule has 6 heteroatoms. The van der Waals surface area contributed by atoms with E-state index in [1.807, 2.05) is 60.7 Å². The van der Waals surface area contributed by atoms with Crippen molar-refractivity contribution in [2.75, 3.05) is 32.0 Å². The van der Waals surface area contributed by atoms with Crippen LogP contribution in [0.2, 0.25) is 0 Å². The standard InChI is InChI=1S/C31H35NP2.C15H10.2ClH.Ru/c1-2-23-32(24-26-33(28-15-7-3-8-16-28)29-17-9-4-10-18-29)25-27-34(30-19-11-5-12-20-30)31-21-13-6-14-22-31;1-2-15(13-9-5-3-6-10-13)14-11-7-4-8-12-14;;;/h3-22H,2,23-27H2,1H3;3-12H;2*1H;/q;;;;+2/p-2. The van der Waals surface area contributed by atoms with Crippen LogP contribution >= 0.6 is 35.2 Å². The monoisotopic (exact) mass is 845 g/mol. The van der Waals surface area contributed by atoms with E-state index in [0.717, 1.165) is 29.8 Å². The molecule has 0 atom stereocenters. The van der Waals surface area contributed by atoms with E-state index in [1.165, 1.54) is 46.5 Å². The zero-order chi connectivity index (χ0) is 36.2. The normalized spacial score (nSPS) is 11.0. The summed E-state index contributed by atoms with van der Waals surface area (Å²) in [4.78, 5) is 2.71. The SMILES string of the molecule is CCCN(CCP(c1ccccc1)c1ccccc1)CCP(c1ccccc1)c1ccccc1.[Cl][Ru]([Cl])=[C]=C=C(c1ccccc1)c1ccccc1. The van der Waals surface area contributed by atoms with E-state index in [0.29, 0.717) is 0 Å². The van der Waals surface area contributed by atoms with Gasteiger partial charge in [-0.3, -0.25) is 0 Å². The van der Waals surface area contributed by atoms with Crippen molar-refractivity contribution in [1.82, 2.24) is 4.90 Å². The van der Waals surface area contributed by atoms with Gasteiger partial charge < -0.3 is 4.90 Å². The number of rotatable bonds is 14. The van der Waals surface area contributed by atoms with Crippen LogP contribution in [0.25, 0.3) is 5.57 Å². The van der Waals surface area contributed by atoms with E-state index in [1.54, 1.807) is 0 Å². The molecule has 0 unspecified atom stereocenters. The van der Waals surface area contributed by atoms with Gasteiger partial charge in [0.25, 0.3) is 0 Å². The molecule has 0 saturated carbocycles. The molecule has 52 heavy (non-hydrogen) atoms. The van der Waals surface area contributed by atoms with E-state index in [9.17, 15) is 0 Å². The third kappa shape index (κ3) is 13.0. The summed E-state index contributed by atoms with van der Waals surface area (Å²) in [6.45, 7) is 5.77. The molecule has 0 radical (unpaired) electrons. The number of nitrogens with zero attached hydrogens (tertiary/aromatic N) is 1. The van der Waals surface area contributed by atoms with Gasteiger partial charge in [-0.05, 0) is 62.4 Å². The van der Waals surface area contributed by atoms with Gasteiger partial charge in [-0.1, -0.05) is 128 Å². The molecule has 6 aromatic carbocycles.